The number of ether oxygens (including phenoxy) is 1. The van der Waals surface area contributed by atoms with Crippen LogP contribution in [0.15, 0.2) is 34.5 Å². The van der Waals surface area contributed by atoms with Crippen LogP contribution >= 0.6 is 11.3 Å². The fraction of sp³-hybridized carbons (Fsp3) is 0.450. The number of carbonyl (C=O) groups excluding carboxylic acids is 2. The molecular weight excluding hydrogens is 426 g/mol. The number of piperidine rings is 1. The number of nitrogens with one attached hydrogen (secondary N) is 1. The number of amides is 1. The van der Waals surface area contributed by atoms with Crippen molar-refractivity contribution < 1.29 is 22.7 Å². The van der Waals surface area contributed by atoms with E-state index in [1.165, 1.54) is 34.0 Å². The first-order valence-electron chi connectivity index (χ1n) is 9.75. The molecule has 0 saturated carbocycles. The highest BCUT2D eigenvalue weighted by Crippen LogP contribution is 2.27. The molecule has 8 nitrogen and oxygen atoms in total. The lowest BCUT2D eigenvalue weighted by molar-refractivity contribution is 0.0520. The molecule has 1 N–H and O–H groups in total. The van der Waals surface area contributed by atoms with E-state index in [4.69, 9.17) is 4.74 Å². The van der Waals surface area contributed by atoms with Crippen LogP contribution in [0.1, 0.15) is 48.0 Å². The van der Waals surface area contributed by atoms with Crippen LogP contribution in [-0.4, -0.2) is 49.3 Å². The largest absolute Gasteiger partial charge is 0.461 e. The Morgan fingerprint density at radius 2 is 1.83 bits per heavy atom. The number of thiazole rings is 1. The van der Waals surface area contributed by atoms with Gasteiger partial charge in [-0.3, -0.25) is 10.1 Å². The Kier molecular flexibility index (Phi) is 6.89. The van der Waals surface area contributed by atoms with E-state index >= 15 is 0 Å². The molecule has 30 heavy (non-hydrogen) atoms. The number of benzene rings is 1. The van der Waals surface area contributed by atoms with Crippen molar-refractivity contribution in [1.29, 1.82) is 0 Å². The number of esters is 1. The van der Waals surface area contributed by atoms with Gasteiger partial charge in [-0.05, 0) is 49.4 Å². The molecule has 1 aromatic heterocycles. The predicted molar refractivity (Wildman–Crippen MR) is 114 cm³/mol. The lowest BCUT2D eigenvalue weighted by Gasteiger charge is -2.34. The average molecular weight is 452 g/mol. The average Bonchev–Trinajstić information content (AvgIpc) is 3.16. The van der Waals surface area contributed by atoms with Crippen LogP contribution in [-0.2, 0) is 14.8 Å². The highest BCUT2D eigenvalue weighted by atomic mass is 32.2. The van der Waals surface area contributed by atoms with E-state index in [0.29, 0.717) is 30.5 Å². The lowest BCUT2D eigenvalue weighted by atomic mass is 9.94. The minimum atomic E-state index is -3.60. The van der Waals surface area contributed by atoms with Crippen molar-refractivity contribution >= 4 is 38.4 Å². The Hall–Kier alpha value is -2.30. The van der Waals surface area contributed by atoms with Gasteiger partial charge in [-0.2, -0.15) is 4.31 Å². The zero-order valence-corrected chi connectivity index (χ0v) is 18.8. The Bertz CT molecular complexity index is 1010. The van der Waals surface area contributed by atoms with Crippen LogP contribution in [0.5, 0.6) is 0 Å². The van der Waals surface area contributed by atoms with Crippen molar-refractivity contribution in [2.24, 2.45) is 11.8 Å². The summed E-state index contributed by atoms with van der Waals surface area (Å²) in [6, 6.07) is 5.83. The third-order valence-corrected chi connectivity index (χ3v) is 7.40. The molecule has 1 amide bonds. The van der Waals surface area contributed by atoms with Crippen molar-refractivity contribution in [2.45, 2.75) is 32.1 Å². The molecule has 1 saturated heterocycles. The van der Waals surface area contributed by atoms with Gasteiger partial charge in [0.05, 0.1) is 11.5 Å². The predicted octanol–water partition coefficient (Wildman–Crippen LogP) is 3.24. The van der Waals surface area contributed by atoms with Crippen molar-refractivity contribution in [3.05, 3.63) is 40.9 Å². The van der Waals surface area contributed by atoms with Crippen LogP contribution in [0.3, 0.4) is 0 Å². The summed E-state index contributed by atoms with van der Waals surface area (Å²) in [6.45, 7) is 7.05. The first-order chi connectivity index (χ1) is 14.2. The van der Waals surface area contributed by atoms with Gasteiger partial charge in [0.25, 0.3) is 5.91 Å². The molecule has 2 heterocycles. The summed E-state index contributed by atoms with van der Waals surface area (Å²) < 4.78 is 32.3. The molecule has 1 fully saturated rings. The summed E-state index contributed by atoms with van der Waals surface area (Å²) in [7, 11) is -3.60. The number of anilines is 1. The van der Waals surface area contributed by atoms with E-state index in [-0.39, 0.29) is 22.3 Å². The molecule has 3 rings (SSSR count). The van der Waals surface area contributed by atoms with Crippen LogP contribution < -0.4 is 5.32 Å². The fourth-order valence-electron chi connectivity index (χ4n) is 3.53. The van der Waals surface area contributed by atoms with Gasteiger partial charge in [-0.25, -0.2) is 18.2 Å². The highest BCUT2D eigenvalue weighted by molar-refractivity contribution is 7.89. The Morgan fingerprint density at radius 3 is 2.43 bits per heavy atom. The maximum atomic E-state index is 12.9. The molecule has 162 valence electrons. The van der Waals surface area contributed by atoms with E-state index in [1.807, 2.05) is 0 Å². The van der Waals surface area contributed by atoms with Crippen LogP contribution in [0, 0.1) is 11.8 Å². The molecule has 1 aromatic carbocycles. The van der Waals surface area contributed by atoms with Gasteiger partial charge >= 0.3 is 5.97 Å². The molecule has 0 aliphatic carbocycles. The van der Waals surface area contributed by atoms with Crippen molar-refractivity contribution in [3.63, 3.8) is 0 Å². The normalized spacial score (nSPS) is 20.0. The second-order valence-corrected chi connectivity index (χ2v) is 10.3. The molecule has 1 aliphatic heterocycles. The Labute approximate surface area is 180 Å². The van der Waals surface area contributed by atoms with Crippen molar-refractivity contribution in [2.75, 3.05) is 25.0 Å². The maximum absolute atomic E-state index is 12.9. The van der Waals surface area contributed by atoms with Crippen molar-refractivity contribution in [1.82, 2.24) is 9.29 Å². The molecule has 2 atom stereocenters. The topological polar surface area (TPSA) is 106 Å². The first-order valence-corrected chi connectivity index (χ1v) is 12.1. The van der Waals surface area contributed by atoms with Crippen LogP contribution in [0.4, 0.5) is 5.13 Å². The van der Waals surface area contributed by atoms with E-state index < -0.39 is 21.9 Å². The number of nitrogens with zero attached hydrogens (tertiary/aromatic N) is 2. The van der Waals surface area contributed by atoms with Gasteiger partial charge in [-0.15, -0.1) is 11.3 Å². The van der Waals surface area contributed by atoms with Crippen molar-refractivity contribution in [3.8, 4) is 0 Å². The number of hydrogen-bond acceptors (Lipinski definition) is 7. The lowest BCUT2D eigenvalue weighted by Crippen LogP contribution is -2.42. The molecule has 1 aliphatic rings. The van der Waals surface area contributed by atoms with Gasteiger partial charge in [0.15, 0.2) is 10.8 Å². The molecule has 0 radical (unpaired) electrons. The van der Waals surface area contributed by atoms with Gasteiger partial charge in [0, 0.05) is 24.0 Å². The third kappa shape index (κ3) is 5.05. The van der Waals surface area contributed by atoms with Crippen LogP contribution in [0.25, 0.3) is 0 Å². The second kappa shape index (κ2) is 9.23. The summed E-state index contributed by atoms with van der Waals surface area (Å²) in [6.07, 6.45) is 1.01. The van der Waals surface area contributed by atoms with E-state index in [0.717, 1.165) is 17.8 Å². The fourth-order valence-corrected chi connectivity index (χ4v) is 5.88. The minimum absolute atomic E-state index is 0.128. The summed E-state index contributed by atoms with van der Waals surface area (Å²) in [5.41, 5.74) is 0.422. The number of rotatable bonds is 6. The quantitative estimate of drug-likeness (QED) is 0.676. The highest BCUT2D eigenvalue weighted by Gasteiger charge is 2.31. The minimum Gasteiger partial charge on any atom is -0.461 e. The SMILES string of the molecule is CCOC(=O)c1csc(NC(=O)c2ccc(S(=O)(=O)N3C[C@H](C)C[C@@H](C)C3)cc2)n1. The number of hydrogen-bond donors (Lipinski definition) is 1. The number of aromatic nitrogens is 1. The van der Waals surface area contributed by atoms with Gasteiger partial charge < -0.3 is 4.74 Å². The summed E-state index contributed by atoms with van der Waals surface area (Å²) in [4.78, 5) is 28.3. The van der Waals surface area contributed by atoms with E-state index in [1.54, 1.807) is 6.92 Å². The summed E-state index contributed by atoms with van der Waals surface area (Å²) in [5, 5.41) is 4.37. The molecule has 0 bridgehead atoms. The molecule has 2 aromatic rings. The number of sulfonamides is 1. The monoisotopic (exact) mass is 451 g/mol. The molecule has 10 heteroatoms. The van der Waals surface area contributed by atoms with Gasteiger partial charge in [0.2, 0.25) is 10.0 Å². The third-order valence-electron chi connectivity index (χ3n) is 4.80. The Balaban J connectivity index is 1.69. The summed E-state index contributed by atoms with van der Waals surface area (Å²) >= 11 is 1.11. The van der Waals surface area contributed by atoms with E-state index in [9.17, 15) is 18.0 Å². The second-order valence-electron chi connectivity index (χ2n) is 7.50. The molecule has 0 unspecified atom stereocenters. The molecule has 0 spiro atoms. The summed E-state index contributed by atoms with van der Waals surface area (Å²) in [5.74, 6) is -0.369. The maximum Gasteiger partial charge on any atom is 0.357 e. The van der Waals surface area contributed by atoms with E-state index in [2.05, 4.69) is 24.1 Å². The Morgan fingerprint density at radius 1 is 1.20 bits per heavy atom. The number of carbonyl (C=O) groups is 2. The zero-order chi connectivity index (χ0) is 21.9. The van der Waals surface area contributed by atoms with Gasteiger partial charge in [0.1, 0.15) is 0 Å². The standard InChI is InChI=1S/C20H25N3O5S2/c1-4-28-19(25)17-12-29-20(21-17)22-18(24)15-5-7-16(8-6-15)30(26,27)23-10-13(2)9-14(3)11-23/h5-8,12-14H,4,9-11H2,1-3H3,(H,21,22,24)/t13-,14-/m1/s1. The smallest absolute Gasteiger partial charge is 0.357 e. The first kappa shape index (κ1) is 22.4. The van der Waals surface area contributed by atoms with Crippen LogP contribution in [0.2, 0.25) is 0 Å². The molecular formula is C20H25N3O5S2. The zero-order valence-electron chi connectivity index (χ0n) is 17.1. The van der Waals surface area contributed by atoms with Gasteiger partial charge in [-0.1, -0.05) is 13.8 Å².